The SMILES string of the molecule is c1ccc(-n2c(-c3cccc(-c4ccc5oc6ccc(-c7ccc8oc9ccccc9c8c7)cc6c5c4)c3)nc3ccccc32)cc1. The van der Waals surface area contributed by atoms with Gasteiger partial charge in [-0.15, -0.1) is 0 Å². The predicted octanol–water partition coefficient (Wildman–Crippen LogP) is 11.8. The quantitative estimate of drug-likeness (QED) is 0.201. The van der Waals surface area contributed by atoms with Gasteiger partial charge >= 0.3 is 0 Å². The summed E-state index contributed by atoms with van der Waals surface area (Å²) in [6, 6.07) is 55.0. The van der Waals surface area contributed by atoms with Crippen LogP contribution in [-0.4, -0.2) is 9.55 Å². The highest BCUT2D eigenvalue weighted by Crippen LogP contribution is 2.38. The molecule has 0 amide bonds. The zero-order valence-corrected chi connectivity index (χ0v) is 25.2. The van der Waals surface area contributed by atoms with Gasteiger partial charge in [0.05, 0.1) is 11.0 Å². The minimum atomic E-state index is 0.874. The number of hydrogen-bond donors (Lipinski definition) is 0. The summed E-state index contributed by atoms with van der Waals surface area (Å²) in [5, 5.41) is 4.44. The molecule has 10 aromatic rings. The molecular formula is C43H26N2O2. The van der Waals surface area contributed by atoms with Crippen molar-refractivity contribution in [3.8, 4) is 39.3 Å². The Hall–Kier alpha value is -6.39. The van der Waals surface area contributed by atoms with Crippen LogP contribution in [0, 0.1) is 0 Å². The van der Waals surface area contributed by atoms with Crippen LogP contribution in [0.25, 0.3) is 94.2 Å². The van der Waals surface area contributed by atoms with Gasteiger partial charge in [-0.1, -0.05) is 84.9 Å². The Balaban J connectivity index is 1.09. The van der Waals surface area contributed by atoms with Crippen LogP contribution in [0.5, 0.6) is 0 Å². The predicted molar refractivity (Wildman–Crippen MR) is 192 cm³/mol. The van der Waals surface area contributed by atoms with Gasteiger partial charge in [-0.3, -0.25) is 4.57 Å². The van der Waals surface area contributed by atoms with Gasteiger partial charge in [0.15, 0.2) is 0 Å². The summed E-state index contributed by atoms with van der Waals surface area (Å²) >= 11 is 0. The van der Waals surface area contributed by atoms with Crippen molar-refractivity contribution >= 4 is 54.9 Å². The van der Waals surface area contributed by atoms with E-state index in [0.717, 1.165) is 94.2 Å². The summed E-state index contributed by atoms with van der Waals surface area (Å²) in [6.45, 7) is 0. The Morgan fingerprint density at radius 1 is 0.383 bits per heavy atom. The first-order chi connectivity index (χ1) is 23.3. The Morgan fingerprint density at radius 3 is 1.62 bits per heavy atom. The van der Waals surface area contributed by atoms with Crippen molar-refractivity contribution in [2.24, 2.45) is 0 Å². The molecule has 7 aromatic carbocycles. The van der Waals surface area contributed by atoms with Gasteiger partial charge in [-0.25, -0.2) is 4.98 Å². The lowest BCUT2D eigenvalue weighted by atomic mass is 9.98. The molecule has 3 aromatic heterocycles. The Bertz CT molecular complexity index is 2800. The van der Waals surface area contributed by atoms with Crippen LogP contribution >= 0.6 is 0 Å². The summed E-state index contributed by atoms with van der Waals surface area (Å²) in [6.07, 6.45) is 0. The van der Waals surface area contributed by atoms with Crippen LogP contribution in [0.2, 0.25) is 0 Å². The average Bonchev–Trinajstić information content (AvgIpc) is 3.82. The molecule has 0 saturated carbocycles. The summed E-state index contributed by atoms with van der Waals surface area (Å²) in [4.78, 5) is 5.09. The second-order valence-corrected chi connectivity index (χ2v) is 12.0. The van der Waals surface area contributed by atoms with Crippen LogP contribution < -0.4 is 0 Å². The summed E-state index contributed by atoms with van der Waals surface area (Å²) < 4.78 is 14.6. The molecule has 4 heteroatoms. The van der Waals surface area contributed by atoms with E-state index in [1.807, 2.05) is 24.3 Å². The normalized spacial score (nSPS) is 11.8. The fourth-order valence-electron chi connectivity index (χ4n) is 6.94. The molecule has 4 nitrogen and oxygen atoms in total. The van der Waals surface area contributed by atoms with E-state index in [1.54, 1.807) is 0 Å². The van der Waals surface area contributed by atoms with Gasteiger partial charge in [0.25, 0.3) is 0 Å². The van der Waals surface area contributed by atoms with Crippen molar-refractivity contribution in [2.45, 2.75) is 0 Å². The molecule has 47 heavy (non-hydrogen) atoms. The number of imidazole rings is 1. The van der Waals surface area contributed by atoms with Gasteiger partial charge in [0.2, 0.25) is 0 Å². The van der Waals surface area contributed by atoms with Crippen LogP contribution in [0.3, 0.4) is 0 Å². The van der Waals surface area contributed by atoms with Crippen LogP contribution in [0.15, 0.2) is 167 Å². The highest BCUT2D eigenvalue weighted by atomic mass is 16.3. The van der Waals surface area contributed by atoms with Crippen molar-refractivity contribution in [3.63, 3.8) is 0 Å². The maximum Gasteiger partial charge on any atom is 0.145 e. The minimum Gasteiger partial charge on any atom is -0.456 e. The summed E-state index contributed by atoms with van der Waals surface area (Å²) in [5.74, 6) is 0.918. The first kappa shape index (κ1) is 25.9. The van der Waals surface area contributed by atoms with E-state index in [4.69, 9.17) is 13.8 Å². The molecule has 220 valence electrons. The lowest BCUT2D eigenvalue weighted by molar-refractivity contribution is 0.668. The fourth-order valence-corrected chi connectivity index (χ4v) is 6.94. The molecule has 0 fully saturated rings. The second kappa shape index (κ2) is 10.1. The molecule has 0 spiro atoms. The first-order valence-corrected chi connectivity index (χ1v) is 15.8. The van der Waals surface area contributed by atoms with E-state index in [-0.39, 0.29) is 0 Å². The van der Waals surface area contributed by atoms with Gasteiger partial charge in [-0.05, 0) is 95.1 Å². The number of benzene rings is 7. The van der Waals surface area contributed by atoms with Gasteiger partial charge in [0.1, 0.15) is 28.2 Å². The van der Waals surface area contributed by atoms with Crippen LogP contribution in [0.4, 0.5) is 0 Å². The van der Waals surface area contributed by atoms with Crippen molar-refractivity contribution in [2.75, 3.05) is 0 Å². The Kier molecular flexibility index (Phi) is 5.54. The van der Waals surface area contributed by atoms with E-state index in [1.165, 1.54) is 0 Å². The standard InChI is InChI=1S/C43H26N2O2/c1-2-11-32(12-3-1)45-38-15-6-5-14-37(38)44-43(45)31-10-8-9-27(23-31)28-17-21-41-35(25-28)36-26-30(19-22-42(36)47-41)29-18-20-40-34(24-29)33-13-4-7-16-39(33)46-40/h1-26H. The summed E-state index contributed by atoms with van der Waals surface area (Å²) in [5.41, 5.74) is 12.3. The minimum absolute atomic E-state index is 0.874. The van der Waals surface area contributed by atoms with Gasteiger partial charge in [0, 0.05) is 32.8 Å². The van der Waals surface area contributed by atoms with E-state index >= 15 is 0 Å². The molecule has 10 rings (SSSR count). The molecule has 3 heterocycles. The molecule has 0 bridgehead atoms. The smallest absolute Gasteiger partial charge is 0.145 e. The molecule has 0 unspecified atom stereocenters. The van der Waals surface area contributed by atoms with Crippen molar-refractivity contribution in [1.82, 2.24) is 9.55 Å². The number of hydrogen-bond acceptors (Lipinski definition) is 3. The van der Waals surface area contributed by atoms with E-state index in [0.29, 0.717) is 0 Å². The molecule has 0 aliphatic carbocycles. The zero-order chi connectivity index (χ0) is 30.9. The van der Waals surface area contributed by atoms with Gasteiger partial charge < -0.3 is 8.83 Å². The third-order valence-electron chi connectivity index (χ3n) is 9.21. The highest BCUT2D eigenvalue weighted by molar-refractivity contribution is 6.09. The largest absolute Gasteiger partial charge is 0.456 e. The molecule has 0 aliphatic rings. The summed E-state index contributed by atoms with van der Waals surface area (Å²) in [7, 11) is 0. The van der Waals surface area contributed by atoms with E-state index < -0.39 is 0 Å². The molecule has 0 atom stereocenters. The van der Waals surface area contributed by atoms with E-state index in [2.05, 4.69) is 138 Å². The number of aromatic nitrogens is 2. The fraction of sp³-hybridized carbons (Fsp3) is 0. The number of rotatable bonds is 4. The topological polar surface area (TPSA) is 44.1 Å². The van der Waals surface area contributed by atoms with Crippen LogP contribution in [0.1, 0.15) is 0 Å². The zero-order valence-electron chi connectivity index (χ0n) is 25.2. The number of fused-ring (bicyclic) bond motifs is 7. The van der Waals surface area contributed by atoms with Crippen LogP contribution in [-0.2, 0) is 0 Å². The van der Waals surface area contributed by atoms with Crippen molar-refractivity contribution in [1.29, 1.82) is 0 Å². The molecular weight excluding hydrogens is 576 g/mol. The number of furan rings is 2. The molecule has 0 saturated heterocycles. The van der Waals surface area contributed by atoms with Gasteiger partial charge in [-0.2, -0.15) is 0 Å². The lowest BCUT2D eigenvalue weighted by Gasteiger charge is -2.11. The molecule has 0 aliphatic heterocycles. The van der Waals surface area contributed by atoms with E-state index in [9.17, 15) is 0 Å². The Morgan fingerprint density at radius 2 is 0.915 bits per heavy atom. The number of para-hydroxylation sites is 4. The lowest BCUT2D eigenvalue weighted by Crippen LogP contribution is -1.97. The van der Waals surface area contributed by atoms with Crippen molar-refractivity contribution in [3.05, 3.63) is 158 Å². The maximum absolute atomic E-state index is 6.31. The Labute approximate surface area is 269 Å². The number of nitrogens with zero attached hydrogens (tertiary/aromatic N) is 2. The first-order valence-electron chi connectivity index (χ1n) is 15.8. The average molecular weight is 603 g/mol. The highest BCUT2D eigenvalue weighted by Gasteiger charge is 2.16. The third kappa shape index (κ3) is 4.12. The monoisotopic (exact) mass is 602 g/mol. The third-order valence-corrected chi connectivity index (χ3v) is 9.21. The maximum atomic E-state index is 6.31. The molecule has 0 radical (unpaired) electrons. The molecule has 0 N–H and O–H groups in total. The second-order valence-electron chi connectivity index (χ2n) is 12.0. The van der Waals surface area contributed by atoms with Crippen molar-refractivity contribution < 1.29 is 8.83 Å².